The maximum Gasteiger partial charge on any atom is 0.151 e. The molecule has 2 heteroatoms. The molecule has 0 amide bonds. The highest BCUT2D eigenvalue weighted by molar-refractivity contribution is 5.76. The molecule has 2 nitrogen and oxygen atoms in total. The first-order chi connectivity index (χ1) is 7.31. The number of nitrogens with zero attached hydrogens (tertiary/aromatic N) is 1. The van der Waals surface area contributed by atoms with Crippen molar-refractivity contribution in [2.75, 3.05) is 0 Å². The second-order valence-corrected chi connectivity index (χ2v) is 3.20. The van der Waals surface area contributed by atoms with Crippen LogP contribution in [0.1, 0.15) is 29.9 Å². The van der Waals surface area contributed by atoms with Crippen LogP contribution in [0.15, 0.2) is 42.1 Å². The van der Waals surface area contributed by atoms with E-state index in [2.05, 4.69) is 4.98 Å². The van der Waals surface area contributed by atoms with Gasteiger partial charge < -0.3 is 0 Å². The van der Waals surface area contributed by atoms with Gasteiger partial charge in [-0.3, -0.25) is 9.78 Å². The van der Waals surface area contributed by atoms with Crippen LogP contribution < -0.4 is 0 Å². The molecule has 0 N–H and O–H groups in total. The molecule has 1 aromatic rings. The van der Waals surface area contributed by atoms with E-state index in [4.69, 9.17) is 0 Å². The van der Waals surface area contributed by atoms with Gasteiger partial charge in [0.05, 0.1) is 5.69 Å². The van der Waals surface area contributed by atoms with Crippen molar-refractivity contribution in [2.24, 2.45) is 0 Å². The average molecular weight is 201 g/mol. The van der Waals surface area contributed by atoms with Crippen molar-refractivity contribution in [3.8, 4) is 0 Å². The molecule has 78 valence electrons. The van der Waals surface area contributed by atoms with Crippen molar-refractivity contribution in [2.45, 2.75) is 20.3 Å². The monoisotopic (exact) mass is 201 g/mol. The SMILES string of the molecule is C/C=C\C(=C/C)Cc1ncccc1C=O. The van der Waals surface area contributed by atoms with Gasteiger partial charge >= 0.3 is 0 Å². The summed E-state index contributed by atoms with van der Waals surface area (Å²) in [5.41, 5.74) is 2.67. The fraction of sp³-hybridized carbons (Fsp3) is 0.231. The van der Waals surface area contributed by atoms with Crippen molar-refractivity contribution in [3.63, 3.8) is 0 Å². The second kappa shape index (κ2) is 5.91. The lowest BCUT2D eigenvalue weighted by atomic mass is 10.1. The molecular weight excluding hydrogens is 186 g/mol. The molecule has 0 spiro atoms. The highest BCUT2D eigenvalue weighted by Gasteiger charge is 2.02. The lowest BCUT2D eigenvalue weighted by Crippen LogP contribution is -1.97. The summed E-state index contributed by atoms with van der Waals surface area (Å²) in [5, 5.41) is 0. The van der Waals surface area contributed by atoms with Gasteiger partial charge in [-0.25, -0.2) is 0 Å². The van der Waals surface area contributed by atoms with Gasteiger partial charge in [-0.05, 0) is 31.6 Å². The van der Waals surface area contributed by atoms with Crippen LogP contribution in [0.3, 0.4) is 0 Å². The predicted molar refractivity (Wildman–Crippen MR) is 61.9 cm³/mol. The zero-order chi connectivity index (χ0) is 11.1. The summed E-state index contributed by atoms with van der Waals surface area (Å²) >= 11 is 0. The summed E-state index contributed by atoms with van der Waals surface area (Å²) in [4.78, 5) is 15.0. The zero-order valence-corrected chi connectivity index (χ0v) is 9.10. The molecular formula is C13H15NO. The Morgan fingerprint density at radius 2 is 2.27 bits per heavy atom. The number of aldehydes is 1. The van der Waals surface area contributed by atoms with E-state index < -0.39 is 0 Å². The van der Waals surface area contributed by atoms with Crippen LogP contribution >= 0.6 is 0 Å². The molecule has 0 atom stereocenters. The third kappa shape index (κ3) is 3.17. The van der Waals surface area contributed by atoms with E-state index in [-0.39, 0.29) is 0 Å². The summed E-state index contributed by atoms with van der Waals surface area (Å²) in [6.45, 7) is 3.96. The van der Waals surface area contributed by atoms with E-state index in [1.807, 2.05) is 32.1 Å². The van der Waals surface area contributed by atoms with Crippen LogP contribution in [-0.2, 0) is 6.42 Å². The van der Waals surface area contributed by atoms with Crippen LogP contribution in [0, 0.1) is 0 Å². The number of carbonyl (C=O) groups is 1. The maximum atomic E-state index is 10.8. The smallest absolute Gasteiger partial charge is 0.151 e. The number of hydrogen-bond donors (Lipinski definition) is 0. The lowest BCUT2D eigenvalue weighted by Gasteiger charge is -2.03. The van der Waals surface area contributed by atoms with Crippen molar-refractivity contribution in [1.29, 1.82) is 0 Å². The average Bonchev–Trinajstić information content (AvgIpc) is 2.29. The Kier molecular flexibility index (Phi) is 4.48. The normalized spacial score (nSPS) is 12.0. The van der Waals surface area contributed by atoms with Crippen molar-refractivity contribution < 1.29 is 4.79 Å². The summed E-state index contributed by atoms with van der Waals surface area (Å²) in [6.07, 6.45) is 9.32. The van der Waals surface area contributed by atoms with Crippen LogP contribution in [0.25, 0.3) is 0 Å². The Morgan fingerprint density at radius 1 is 1.47 bits per heavy atom. The Labute approximate surface area is 90.4 Å². The van der Waals surface area contributed by atoms with E-state index in [1.165, 1.54) is 5.57 Å². The fourth-order valence-electron chi connectivity index (χ4n) is 1.37. The molecule has 1 rings (SSSR count). The van der Waals surface area contributed by atoms with Gasteiger partial charge in [0.15, 0.2) is 6.29 Å². The molecule has 0 fully saturated rings. The minimum absolute atomic E-state index is 0.668. The number of allylic oxidation sites excluding steroid dienone is 4. The standard InChI is InChI=1S/C13H15NO/c1-3-6-11(4-2)9-13-12(10-15)7-5-8-14-13/h3-8,10H,9H2,1-2H3/b6-3-,11-4+. The van der Waals surface area contributed by atoms with Gasteiger partial charge in [-0.2, -0.15) is 0 Å². The molecule has 1 heterocycles. The molecule has 0 aliphatic heterocycles. The van der Waals surface area contributed by atoms with Crippen molar-refractivity contribution >= 4 is 6.29 Å². The first-order valence-electron chi connectivity index (χ1n) is 4.98. The Hall–Kier alpha value is -1.70. The van der Waals surface area contributed by atoms with Crippen molar-refractivity contribution in [3.05, 3.63) is 53.4 Å². The maximum absolute atomic E-state index is 10.8. The number of rotatable bonds is 4. The minimum Gasteiger partial charge on any atom is -0.298 e. The third-order valence-corrected chi connectivity index (χ3v) is 2.18. The summed E-state index contributed by atoms with van der Waals surface area (Å²) in [7, 11) is 0. The zero-order valence-electron chi connectivity index (χ0n) is 9.10. The van der Waals surface area contributed by atoms with E-state index in [0.717, 1.165) is 12.0 Å². The van der Waals surface area contributed by atoms with E-state index in [0.29, 0.717) is 12.0 Å². The molecule has 0 bridgehead atoms. The van der Waals surface area contributed by atoms with Crippen LogP contribution in [-0.4, -0.2) is 11.3 Å². The molecule has 0 saturated heterocycles. The van der Waals surface area contributed by atoms with Gasteiger partial charge in [0.2, 0.25) is 0 Å². The Balaban J connectivity index is 2.92. The van der Waals surface area contributed by atoms with Crippen molar-refractivity contribution in [1.82, 2.24) is 4.98 Å². The van der Waals surface area contributed by atoms with E-state index >= 15 is 0 Å². The predicted octanol–water partition coefficient (Wildman–Crippen LogP) is 2.96. The molecule has 0 aliphatic rings. The Morgan fingerprint density at radius 3 is 2.87 bits per heavy atom. The molecule has 0 unspecified atom stereocenters. The summed E-state index contributed by atoms with van der Waals surface area (Å²) < 4.78 is 0. The van der Waals surface area contributed by atoms with Crippen LogP contribution in [0.5, 0.6) is 0 Å². The number of hydrogen-bond acceptors (Lipinski definition) is 2. The number of pyridine rings is 1. The van der Waals surface area contributed by atoms with Crippen LogP contribution in [0.2, 0.25) is 0 Å². The first-order valence-corrected chi connectivity index (χ1v) is 4.98. The molecule has 1 aromatic heterocycles. The summed E-state index contributed by atoms with van der Waals surface area (Å²) in [5.74, 6) is 0. The minimum atomic E-state index is 0.668. The van der Waals surface area contributed by atoms with Crippen LogP contribution in [0.4, 0.5) is 0 Å². The summed E-state index contributed by atoms with van der Waals surface area (Å²) in [6, 6.07) is 3.57. The number of carbonyl (C=O) groups excluding carboxylic acids is 1. The van der Waals surface area contributed by atoms with E-state index in [1.54, 1.807) is 18.3 Å². The van der Waals surface area contributed by atoms with E-state index in [9.17, 15) is 4.79 Å². The quantitative estimate of drug-likeness (QED) is 0.553. The molecule has 0 aliphatic carbocycles. The molecule has 15 heavy (non-hydrogen) atoms. The second-order valence-electron chi connectivity index (χ2n) is 3.20. The van der Waals surface area contributed by atoms with Gasteiger partial charge in [-0.15, -0.1) is 0 Å². The van der Waals surface area contributed by atoms with Gasteiger partial charge in [0.1, 0.15) is 0 Å². The highest BCUT2D eigenvalue weighted by Crippen LogP contribution is 2.10. The highest BCUT2D eigenvalue weighted by atomic mass is 16.1. The largest absolute Gasteiger partial charge is 0.298 e. The number of aromatic nitrogens is 1. The van der Waals surface area contributed by atoms with Gasteiger partial charge in [0.25, 0.3) is 0 Å². The fourth-order valence-corrected chi connectivity index (χ4v) is 1.37. The first kappa shape index (κ1) is 11.4. The van der Waals surface area contributed by atoms with Gasteiger partial charge in [0, 0.05) is 18.2 Å². The van der Waals surface area contributed by atoms with Gasteiger partial charge in [-0.1, -0.05) is 18.2 Å². The molecule has 0 radical (unpaired) electrons. The molecule has 0 aromatic carbocycles. The molecule has 0 saturated carbocycles. The topological polar surface area (TPSA) is 30.0 Å². The lowest BCUT2D eigenvalue weighted by molar-refractivity contribution is 0.112. The third-order valence-electron chi connectivity index (χ3n) is 2.18. The Bertz CT molecular complexity index is 391.